The molecule has 1 aromatic heterocycles. The molecule has 0 saturated carbocycles. The third kappa shape index (κ3) is 3.30. The smallest absolute Gasteiger partial charge is 0.212 e. The van der Waals surface area contributed by atoms with Gasteiger partial charge in [-0.15, -0.1) is 0 Å². The van der Waals surface area contributed by atoms with E-state index in [1.807, 2.05) is 12.3 Å². The van der Waals surface area contributed by atoms with Crippen molar-refractivity contribution < 1.29 is 4.74 Å². The van der Waals surface area contributed by atoms with Gasteiger partial charge in [-0.25, -0.2) is 4.98 Å². The van der Waals surface area contributed by atoms with Crippen molar-refractivity contribution in [3.8, 4) is 5.88 Å². The summed E-state index contributed by atoms with van der Waals surface area (Å²) < 4.78 is 5.11. The van der Waals surface area contributed by atoms with Crippen LogP contribution in [0.25, 0.3) is 0 Å². The van der Waals surface area contributed by atoms with E-state index in [1.54, 1.807) is 7.11 Å². The van der Waals surface area contributed by atoms with Gasteiger partial charge in [0, 0.05) is 31.4 Å². The molecule has 2 rings (SSSR count). The highest BCUT2D eigenvalue weighted by molar-refractivity contribution is 5.21. The SMILES string of the molecule is COc1ccc(C(CN)N2CCC(C(C)(C)C)C2)cn1. The summed E-state index contributed by atoms with van der Waals surface area (Å²) in [5, 5.41) is 0. The molecule has 0 radical (unpaired) electrons. The van der Waals surface area contributed by atoms with Crippen LogP contribution in [-0.2, 0) is 0 Å². The number of likely N-dealkylation sites (tertiary alicyclic amines) is 1. The molecule has 2 heterocycles. The molecule has 112 valence electrons. The van der Waals surface area contributed by atoms with Crippen LogP contribution in [0.3, 0.4) is 0 Å². The lowest BCUT2D eigenvalue weighted by molar-refractivity contribution is 0.197. The van der Waals surface area contributed by atoms with Gasteiger partial charge >= 0.3 is 0 Å². The van der Waals surface area contributed by atoms with Gasteiger partial charge in [0.2, 0.25) is 5.88 Å². The van der Waals surface area contributed by atoms with Crippen LogP contribution in [0.2, 0.25) is 0 Å². The van der Waals surface area contributed by atoms with Crippen LogP contribution in [-0.4, -0.2) is 36.6 Å². The molecular weight excluding hydrogens is 250 g/mol. The van der Waals surface area contributed by atoms with Gasteiger partial charge in [0.25, 0.3) is 0 Å². The average Bonchev–Trinajstić information content (AvgIpc) is 2.90. The van der Waals surface area contributed by atoms with E-state index in [2.05, 4.69) is 36.7 Å². The Morgan fingerprint density at radius 3 is 2.65 bits per heavy atom. The van der Waals surface area contributed by atoms with Gasteiger partial charge in [-0.1, -0.05) is 26.8 Å². The number of hydrogen-bond acceptors (Lipinski definition) is 4. The molecule has 0 aliphatic carbocycles. The Bertz CT molecular complexity index is 424. The lowest BCUT2D eigenvalue weighted by Crippen LogP contribution is -2.33. The van der Waals surface area contributed by atoms with Crippen molar-refractivity contribution in [3.63, 3.8) is 0 Å². The highest BCUT2D eigenvalue weighted by Crippen LogP contribution is 2.36. The van der Waals surface area contributed by atoms with Crippen LogP contribution < -0.4 is 10.5 Å². The molecule has 0 aromatic carbocycles. The Hall–Kier alpha value is -1.13. The molecule has 1 saturated heterocycles. The van der Waals surface area contributed by atoms with Crippen molar-refractivity contribution in [2.24, 2.45) is 17.1 Å². The average molecular weight is 277 g/mol. The fourth-order valence-electron chi connectivity index (χ4n) is 2.98. The van der Waals surface area contributed by atoms with Crippen LogP contribution in [0.5, 0.6) is 5.88 Å². The van der Waals surface area contributed by atoms with Crippen molar-refractivity contribution >= 4 is 0 Å². The molecule has 0 bridgehead atoms. The molecular formula is C16H27N3O. The fraction of sp³-hybridized carbons (Fsp3) is 0.688. The van der Waals surface area contributed by atoms with Crippen LogP contribution in [0.4, 0.5) is 0 Å². The molecule has 4 heteroatoms. The zero-order valence-electron chi connectivity index (χ0n) is 13.1. The maximum atomic E-state index is 6.01. The summed E-state index contributed by atoms with van der Waals surface area (Å²) in [6, 6.07) is 4.25. The van der Waals surface area contributed by atoms with Gasteiger partial charge < -0.3 is 10.5 Å². The molecule has 1 fully saturated rings. The minimum atomic E-state index is 0.265. The summed E-state index contributed by atoms with van der Waals surface area (Å²) in [4.78, 5) is 6.80. The molecule has 2 unspecified atom stereocenters. The minimum absolute atomic E-state index is 0.265. The molecule has 0 spiro atoms. The molecule has 1 aromatic rings. The van der Waals surface area contributed by atoms with Gasteiger partial charge in [-0.05, 0) is 29.9 Å². The van der Waals surface area contributed by atoms with Crippen molar-refractivity contribution in [2.45, 2.75) is 33.2 Å². The number of nitrogens with zero attached hydrogens (tertiary/aromatic N) is 2. The maximum Gasteiger partial charge on any atom is 0.212 e. The van der Waals surface area contributed by atoms with Crippen LogP contribution in [0.1, 0.15) is 38.8 Å². The van der Waals surface area contributed by atoms with Crippen LogP contribution in [0, 0.1) is 11.3 Å². The molecule has 0 amide bonds. The highest BCUT2D eigenvalue weighted by Gasteiger charge is 2.34. The first kappa shape index (κ1) is 15.3. The maximum absolute atomic E-state index is 6.01. The Morgan fingerprint density at radius 2 is 2.20 bits per heavy atom. The van der Waals surface area contributed by atoms with Gasteiger partial charge in [-0.3, -0.25) is 4.90 Å². The van der Waals surface area contributed by atoms with Crippen molar-refractivity contribution in [3.05, 3.63) is 23.9 Å². The Balaban J connectivity index is 2.09. The first-order chi connectivity index (χ1) is 9.45. The van der Waals surface area contributed by atoms with E-state index in [1.165, 1.54) is 12.0 Å². The van der Waals surface area contributed by atoms with Crippen molar-refractivity contribution in [2.75, 3.05) is 26.7 Å². The monoisotopic (exact) mass is 277 g/mol. The lowest BCUT2D eigenvalue weighted by Gasteiger charge is -2.30. The summed E-state index contributed by atoms with van der Waals surface area (Å²) in [7, 11) is 1.64. The lowest BCUT2D eigenvalue weighted by atomic mass is 9.80. The predicted octanol–water partition coefficient (Wildman–Crippen LogP) is 2.46. The molecule has 2 N–H and O–H groups in total. The summed E-state index contributed by atoms with van der Waals surface area (Å²) in [5.41, 5.74) is 7.56. The number of pyridine rings is 1. The fourth-order valence-corrected chi connectivity index (χ4v) is 2.98. The number of hydrogen-bond donors (Lipinski definition) is 1. The van der Waals surface area contributed by atoms with E-state index in [0.717, 1.165) is 19.0 Å². The number of aromatic nitrogens is 1. The van der Waals surface area contributed by atoms with E-state index in [4.69, 9.17) is 10.5 Å². The van der Waals surface area contributed by atoms with Gasteiger partial charge in [0.1, 0.15) is 0 Å². The second-order valence-electron chi connectivity index (χ2n) is 6.73. The highest BCUT2D eigenvalue weighted by atomic mass is 16.5. The summed E-state index contributed by atoms with van der Waals surface area (Å²) in [6.07, 6.45) is 3.14. The van der Waals surface area contributed by atoms with Crippen molar-refractivity contribution in [1.29, 1.82) is 0 Å². The topological polar surface area (TPSA) is 51.4 Å². The molecule has 20 heavy (non-hydrogen) atoms. The number of ether oxygens (including phenoxy) is 1. The predicted molar refractivity (Wildman–Crippen MR) is 81.7 cm³/mol. The largest absolute Gasteiger partial charge is 0.481 e. The third-order valence-electron chi connectivity index (χ3n) is 4.46. The molecule has 4 nitrogen and oxygen atoms in total. The first-order valence-corrected chi connectivity index (χ1v) is 7.39. The van der Waals surface area contributed by atoms with E-state index in [9.17, 15) is 0 Å². The molecule has 1 aliphatic heterocycles. The van der Waals surface area contributed by atoms with E-state index in [0.29, 0.717) is 17.8 Å². The number of methoxy groups -OCH3 is 1. The number of rotatable bonds is 4. The van der Waals surface area contributed by atoms with Crippen LogP contribution in [0.15, 0.2) is 18.3 Å². The number of nitrogens with two attached hydrogens (primary N) is 1. The van der Waals surface area contributed by atoms with E-state index < -0.39 is 0 Å². The normalized spacial score (nSPS) is 21.9. The van der Waals surface area contributed by atoms with Crippen LogP contribution >= 0.6 is 0 Å². The van der Waals surface area contributed by atoms with Crippen molar-refractivity contribution in [1.82, 2.24) is 9.88 Å². The summed E-state index contributed by atoms with van der Waals surface area (Å²) in [5.74, 6) is 1.39. The van der Waals surface area contributed by atoms with Gasteiger partial charge in [0.05, 0.1) is 7.11 Å². The minimum Gasteiger partial charge on any atom is -0.481 e. The van der Waals surface area contributed by atoms with E-state index >= 15 is 0 Å². The summed E-state index contributed by atoms with van der Waals surface area (Å²) >= 11 is 0. The Labute approximate surface area is 122 Å². The second-order valence-corrected chi connectivity index (χ2v) is 6.73. The van der Waals surface area contributed by atoms with Gasteiger partial charge in [-0.2, -0.15) is 0 Å². The zero-order valence-corrected chi connectivity index (χ0v) is 13.1. The Morgan fingerprint density at radius 1 is 1.45 bits per heavy atom. The standard InChI is InChI=1S/C16H27N3O/c1-16(2,3)13-7-8-19(11-13)14(9-17)12-5-6-15(20-4)18-10-12/h5-6,10,13-14H,7-9,11,17H2,1-4H3. The summed E-state index contributed by atoms with van der Waals surface area (Å²) in [6.45, 7) is 9.85. The molecule has 2 atom stereocenters. The first-order valence-electron chi connectivity index (χ1n) is 7.39. The third-order valence-corrected chi connectivity index (χ3v) is 4.46. The van der Waals surface area contributed by atoms with Gasteiger partial charge in [0.15, 0.2) is 0 Å². The Kier molecular flexibility index (Phi) is 4.66. The van der Waals surface area contributed by atoms with E-state index in [-0.39, 0.29) is 6.04 Å². The quantitative estimate of drug-likeness (QED) is 0.918. The zero-order chi connectivity index (χ0) is 14.8. The second kappa shape index (κ2) is 6.10. The molecule has 1 aliphatic rings.